The predicted molar refractivity (Wildman–Crippen MR) is 157 cm³/mol. The molecule has 0 aromatic heterocycles. The Labute approximate surface area is 227 Å². The van der Waals surface area contributed by atoms with E-state index in [-0.39, 0.29) is 17.2 Å². The van der Waals surface area contributed by atoms with Gasteiger partial charge in [0.15, 0.2) is 0 Å². The summed E-state index contributed by atoms with van der Waals surface area (Å²) in [5.41, 5.74) is 0. The number of rotatable bonds is 17. The summed E-state index contributed by atoms with van der Waals surface area (Å²) in [6.45, 7) is 9.94. The Balaban J connectivity index is 1.21. The van der Waals surface area contributed by atoms with Crippen molar-refractivity contribution in [3.63, 3.8) is 0 Å². The van der Waals surface area contributed by atoms with Gasteiger partial charge in [-0.05, 0) is 21.8 Å². The van der Waals surface area contributed by atoms with Gasteiger partial charge in [-0.2, -0.15) is 0 Å². The fraction of sp³-hybridized carbons (Fsp3) is 0.636. The van der Waals surface area contributed by atoms with Crippen molar-refractivity contribution in [3.8, 4) is 0 Å². The molecule has 0 aliphatic carbocycles. The van der Waals surface area contributed by atoms with Crippen LogP contribution in [0, 0.1) is 0 Å². The van der Waals surface area contributed by atoms with Crippen molar-refractivity contribution in [3.05, 3.63) is 60.7 Å². The van der Waals surface area contributed by atoms with Gasteiger partial charge in [-0.25, -0.2) is 0 Å². The molecular weight excluding hydrogens is 472 g/mol. The van der Waals surface area contributed by atoms with Crippen LogP contribution in [0.15, 0.2) is 60.7 Å². The SMILES string of the molecule is CCCCCCCCCCC[C@@H]1O[C@@H]1C[C@H]1O[C@H]1CO[Si](c1ccccc1)(c1ccccc1)C(C)(C)C. The van der Waals surface area contributed by atoms with Gasteiger partial charge in [0, 0.05) is 6.42 Å². The monoisotopic (exact) mass is 522 g/mol. The van der Waals surface area contributed by atoms with Crippen molar-refractivity contribution < 1.29 is 13.9 Å². The van der Waals surface area contributed by atoms with E-state index in [0.29, 0.717) is 18.8 Å². The van der Waals surface area contributed by atoms with E-state index in [4.69, 9.17) is 13.9 Å². The van der Waals surface area contributed by atoms with Crippen LogP contribution in [0.1, 0.15) is 98.3 Å². The summed E-state index contributed by atoms with van der Waals surface area (Å²) in [4.78, 5) is 0. The first-order valence-corrected chi connectivity index (χ1v) is 16.9. The van der Waals surface area contributed by atoms with Crippen molar-refractivity contribution in [2.24, 2.45) is 0 Å². The van der Waals surface area contributed by atoms with Crippen LogP contribution in [-0.2, 0) is 13.9 Å². The Morgan fingerprint density at radius 3 is 1.68 bits per heavy atom. The van der Waals surface area contributed by atoms with Gasteiger partial charge in [0.2, 0.25) is 0 Å². The summed E-state index contributed by atoms with van der Waals surface area (Å²) in [5, 5.41) is 2.66. The molecule has 2 fully saturated rings. The molecule has 0 spiro atoms. The minimum absolute atomic E-state index is 0.000297. The van der Waals surface area contributed by atoms with Crippen molar-refractivity contribution in [1.82, 2.24) is 0 Å². The Bertz CT molecular complexity index is 871. The lowest BCUT2D eigenvalue weighted by Gasteiger charge is -2.43. The van der Waals surface area contributed by atoms with Gasteiger partial charge in [-0.1, -0.05) is 146 Å². The Morgan fingerprint density at radius 1 is 0.649 bits per heavy atom. The Kier molecular flexibility index (Phi) is 10.5. The summed E-state index contributed by atoms with van der Waals surface area (Å²) in [7, 11) is -2.49. The molecule has 2 saturated heterocycles. The quantitative estimate of drug-likeness (QED) is 0.123. The van der Waals surface area contributed by atoms with E-state index >= 15 is 0 Å². The molecule has 0 saturated carbocycles. The fourth-order valence-electron chi connectivity index (χ4n) is 6.03. The minimum Gasteiger partial charge on any atom is -0.405 e. The second kappa shape index (κ2) is 13.6. The normalized spacial score (nSPS) is 23.2. The summed E-state index contributed by atoms with van der Waals surface area (Å²) in [6, 6.07) is 21.8. The van der Waals surface area contributed by atoms with Crippen molar-refractivity contribution in [1.29, 1.82) is 0 Å². The highest BCUT2D eigenvalue weighted by Crippen LogP contribution is 2.40. The molecule has 2 aromatic carbocycles. The van der Waals surface area contributed by atoms with Crippen LogP contribution >= 0.6 is 0 Å². The zero-order valence-corrected chi connectivity index (χ0v) is 24.8. The molecule has 0 radical (unpaired) electrons. The van der Waals surface area contributed by atoms with E-state index in [0.717, 1.165) is 6.42 Å². The van der Waals surface area contributed by atoms with Gasteiger partial charge < -0.3 is 13.9 Å². The number of ether oxygens (including phenoxy) is 2. The largest absolute Gasteiger partial charge is 0.405 e. The predicted octanol–water partition coefficient (Wildman–Crippen LogP) is 7.41. The topological polar surface area (TPSA) is 34.3 Å². The standard InChI is InChI=1S/C33H50O3Si/c1-5-6-7-8-9-10-11-12-19-24-29-30(35-29)25-31-32(36-31)26-34-37(33(2,3)4,27-20-15-13-16-21-27)28-22-17-14-18-23-28/h13-18,20-23,29-32H,5-12,19,24-26H2,1-4H3/t29-,30+,31+,32-/m0/s1. The van der Waals surface area contributed by atoms with Crippen molar-refractivity contribution >= 4 is 18.7 Å². The number of benzene rings is 2. The van der Waals surface area contributed by atoms with Crippen LogP contribution in [0.4, 0.5) is 0 Å². The molecule has 0 N–H and O–H groups in total. The number of epoxide rings is 2. The van der Waals surface area contributed by atoms with Gasteiger partial charge in [0.1, 0.15) is 6.10 Å². The van der Waals surface area contributed by atoms with E-state index < -0.39 is 8.32 Å². The zero-order chi connectivity index (χ0) is 26.1. The molecule has 4 atom stereocenters. The Morgan fingerprint density at radius 2 is 1.14 bits per heavy atom. The zero-order valence-electron chi connectivity index (χ0n) is 23.8. The second-order valence-electron chi connectivity index (χ2n) is 12.3. The summed E-state index contributed by atoms with van der Waals surface area (Å²) in [6.07, 6.45) is 16.0. The molecular formula is C33H50O3Si. The van der Waals surface area contributed by atoms with E-state index in [2.05, 4.69) is 88.4 Å². The molecule has 4 heteroatoms. The maximum absolute atomic E-state index is 7.06. The molecule has 2 aromatic rings. The third-order valence-electron chi connectivity index (χ3n) is 8.31. The van der Waals surface area contributed by atoms with Crippen LogP contribution in [0.5, 0.6) is 0 Å². The van der Waals surface area contributed by atoms with Crippen LogP contribution in [0.25, 0.3) is 0 Å². The highest BCUT2D eigenvalue weighted by Gasteiger charge is 2.53. The highest BCUT2D eigenvalue weighted by atomic mass is 28.4. The first-order chi connectivity index (χ1) is 18.0. The lowest BCUT2D eigenvalue weighted by molar-refractivity contribution is 0.246. The second-order valence-corrected chi connectivity index (χ2v) is 16.6. The third-order valence-corrected chi connectivity index (χ3v) is 13.3. The molecule has 204 valence electrons. The van der Waals surface area contributed by atoms with Crippen LogP contribution in [0.2, 0.25) is 5.04 Å². The summed E-state index contributed by atoms with van der Waals surface area (Å²) < 4.78 is 19.2. The van der Waals surface area contributed by atoms with Gasteiger partial charge in [-0.3, -0.25) is 0 Å². The minimum atomic E-state index is -2.49. The number of unbranched alkanes of at least 4 members (excludes halogenated alkanes) is 8. The lowest BCUT2D eigenvalue weighted by Crippen LogP contribution is -2.66. The van der Waals surface area contributed by atoms with Gasteiger partial charge in [0.05, 0.1) is 24.9 Å². The number of hydrogen-bond acceptors (Lipinski definition) is 3. The van der Waals surface area contributed by atoms with Gasteiger partial charge in [0.25, 0.3) is 8.32 Å². The summed E-state index contributed by atoms with van der Waals surface area (Å²) in [5.74, 6) is 0. The number of hydrogen-bond donors (Lipinski definition) is 0. The fourth-order valence-corrected chi connectivity index (χ4v) is 10.6. The summed E-state index contributed by atoms with van der Waals surface area (Å²) >= 11 is 0. The molecule has 0 unspecified atom stereocenters. The average Bonchev–Trinajstić information content (AvgIpc) is 3.82. The first-order valence-electron chi connectivity index (χ1n) is 15.0. The van der Waals surface area contributed by atoms with Crippen LogP contribution in [0.3, 0.4) is 0 Å². The molecule has 3 nitrogen and oxygen atoms in total. The lowest BCUT2D eigenvalue weighted by atomic mass is 10.0. The maximum atomic E-state index is 7.06. The van der Waals surface area contributed by atoms with E-state index in [1.165, 1.54) is 74.6 Å². The molecule has 2 aliphatic rings. The van der Waals surface area contributed by atoms with Crippen LogP contribution in [-0.4, -0.2) is 39.3 Å². The van der Waals surface area contributed by atoms with Crippen molar-refractivity contribution in [2.75, 3.05) is 6.61 Å². The third kappa shape index (κ3) is 7.78. The molecule has 2 heterocycles. The smallest absolute Gasteiger partial charge is 0.261 e. The van der Waals surface area contributed by atoms with E-state index in [1.54, 1.807) is 0 Å². The van der Waals surface area contributed by atoms with E-state index in [9.17, 15) is 0 Å². The van der Waals surface area contributed by atoms with Crippen molar-refractivity contribution in [2.45, 2.75) is 128 Å². The maximum Gasteiger partial charge on any atom is 0.261 e. The molecule has 4 rings (SSSR count). The molecule has 0 bridgehead atoms. The van der Waals surface area contributed by atoms with Crippen LogP contribution < -0.4 is 10.4 Å². The van der Waals surface area contributed by atoms with Gasteiger partial charge in [-0.15, -0.1) is 0 Å². The first kappa shape index (κ1) is 28.5. The molecule has 0 amide bonds. The average molecular weight is 523 g/mol. The molecule has 37 heavy (non-hydrogen) atoms. The molecule has 2 aliphatic heterocycles. The Hall–Kier alpha value is -1.46. The van der Waals surface area contributed by atoms with E-state index in [1.807, 2.05) is 0 Å². The van der Waals surface area contributed by atoms with Gasteiger partial charge >= 0.3 is 0 Å². The highest BCUT2D eigenvalue weighted by molar-refractivity contribution is 6.99.